The van der Waals surface area contributed by atoms with Gasteiger partial charge in [0.15, 0.2) is 5.13 Å². The Kier molecular flexibility index (Phi) is 5.02. The second-order valence-electron chi connectivity index (χ2n) is 6.80. The van der Waals surface area contributed by atoms with Crippen LogP contribution in [0.25, 0.3) is 0 Å². The molecule has 0 saturated carbocycles. The highest BCUT2D eigenvalue weighted by Gasteiger charge is 2.23. The van der Waals surface area contributed by atoms with Crippen LogP contribution in [0, 0.1) is 12.8 Å². The Morgan fingerprint density at radius 1 is 1.39 bits per heavy atom. The molecule has 1 atom stereocenters. The van der Waals surface area contributed by atoms with E-state index in [4.69, 9.17) is 0 Å². The molecule has 5 nitrogen and oxygen atoms in total. The van der Waals surface area contributed by atoms with Gasteiger partial charge in [-0.15, -0.1) is 11.3 Å². The highest BCUT2D eigenvalue weighted by atomic mass is 32.1. The molecular weight excluding hydrogens is 306 g/mol. The molecule has 3 rings (SSSR count). The first-order valence-corrected chi connectivity index (χ1v) is 9.16. The van der Waals surface area contributed by atoms with Gasteiger partial charge in [-0.2, -0.15) is 0 Å². The first kappa shape index (κ1) is 16.5. The number of rotatable bonds is 5. The average Bonchev–Trinajstić information content (AvgIpc) is 3.07. The number of hydrogen-bond acceptors (Lipinski definition) is 5. The van der Waals surface area contributed by atoms with Crippen LogP contribution in [0.1, 0.15) is 29.2 Å². The lowest BCUT2D eigenvalue weighted by atomic mass is 9.94. The number of aryl methyl sites for hydroxylation is 2. The summed E-state index contributed by atoms with van der Waals surface area (Å²) in [5.41, 5.74) is 1.19. The lowest BCUT2D eigenvalue weighted by molar-refractivity contribution is 0.166. The summed E-state index contributed by atoms with van der Waals surface area (Å²) in [5.74, 6) is 1.92. The van der Waals surface area contributed by atoms with E-state index in [0.29, 0.717) is 5.92 Å². The molecule has 6 heteroatoms. The van der Waals surface area contributed by atoms with Crippen molar-refractivity contribution in [1.82, 2.24) is 19.4 Å². The molecule has 1 fully saturated rings. The maximum absolute atomic E-state index is 4.67. The van der Waals surface area contributed by atoms with Gasteiger partial charge in [-0.25, -0.2) is 9.97 Å². The van der Waals surface area contributed by atoms with Gasteiger partial charge in [0, 0.05) is 57.9 Å². The summed E-state index contributed by atoms with van der Waals surface area (Å²) < 4.78 is 2.15. The summed E-state index contributed by atoms with van der Waals surface area (Å²) in [7, 11) is 6.21. The Morgan fingerprint density at radius 3 is 2.87 bits per heavy atom. The summed E-state index contributed by atoms with van der Waals surface area (Å²) in [6.45, 7) is 5.54. The van der Waals surface area contributed by atoms with Gasteiger partial charge in [-0.1, -0.05) is 0 Å². The van der Waals surface area contributed by atoms with Gasteiger partial charge >= 0.3 is 0 Å². The van der Waals surface area contributed by atoms with E-state index in [2.05, 4.69) is 52.4 Å². The van der Waals surface area contributed by atoms with Crippen molar-refractivity contribution in [2.75, 3.05) is 32.1 Å². The molecule has 2 aromatic heterocycles. The molecule has 1 saturated heterocycles. The monoisotopic (exact) mass is 333 g/mol. The summed E-state index contributed by atoms with van der Waals surface area (Å²) in [6, 6.07) is 0. The molecule has 1 aliphatic heterocycles. The van der Waals surface area contributed by atoms with E-state index >= 15 is 0 Å². The minimum absolute atomic E-state index is 0.714. The van der Waals surface area contributed by atoms with Crippen LogP contribution >= 0.6 is 11.3 Å². The van der Waals surface area contributed by atoms with Crippen molar-refractivity contribution >= 4 is 16.5 Å². The van der Waals surface area contributed by atoms with Gasteiger partial charge in [0.25, 0.3) is 0 Å². The Balaban J connectivity index is 1.61. The Bertz CT molecular complexity index is 645. The molecule has 0 amide bonds. The first-order valence-electron chi connectivity index (χ1n) is 8.35. The fourth-order valence-corrected chi connectivity index (χ4v) is 4.29. The standard InChI is InChI=1S/C17H27N5S/c1-13-15(23-17(19-13)20(2)3)12-22-8-5-6-14(11-22)10-16-18-7-9-21(16)4/h7,9,14H,5-6,8,10-12H2,1-4H3. The van der Waals surface area contributed by atoms with Crippen LogP contribution in [-0.2, 0) is 20.0 Å². The number of anilines is 1. The smallest absolute Gasteiger partial charge is 0.185 e. The first-order chi connectivity index (χ1) is 11.0. The molecule has 2 aromatic rings. The zero-order valence-electron chi connectivity index (χ0n) is 14.6. The molecular formula is C17H27N5S. The quantitative estimate of drug-likeness (QED) is 0.843. The molecule has 0 N–H and O–H groups in total. The van der Waals surface area contributed by atoms with Crippen LogP contribution in [0.2, 0.25) is 0 Å². The number of aromatic nitrogens is 3. The second kappa shape index (κ2) is 7.01. The normalized spacial score (nSPS) is 19.2. The van der Waals surface area contributed by atoms with Crippen LogP contribution in [-0.4, -0.2) is 46.6 Å². The summed E-state index contributed by atoms with van der Waals surface area (Å²) in [5, 5.41) is 1.11. The highest BCUT2D eigenvalue weighted by Crippen LogP contribution is 2.28. The van der Waals surface area contributed by atoms with Gasteiger partial charge < -0.3 is 9.47 Å². The SMILES string of the molecule is Cc1nc(N(C)C)sc1CN1CCCC(Cc2nccn2C)C1. The van der Waals surface area contributed by atoms with E-state index in [1.54, 1.807) is 0 Å². The third-order valence-electron chi connectivity index (χ3n) is 4.63. The minimum atomic E-state index is 0.714. The second-order valence-corrected chi connectivity index (χ2v) is 7.86. The maximum Gasteiger partial charge on any atom is 0.185 e. The van der Waals surface area contributed by atoms with Crippen LogP contribution in [0.3, 0.4) is 0 Å². The minimum Gasteiger partial charge on any atom is -0.354 e. The molecule has 0 radical (unpaired) electrons. The van der Waals surface area contributed by atoms with Crippen molar-refractivity contribution in [2.45, 2.75) is 32.7 Å². The summed E-state index contributed by atoms with van der Waals surface area (Å²) >= 11 is 1.83. The maximum atomic E-state index is 4.67. The van der Waals surface area contributed by atoms with E-state index in [1.165, 1.54) is 42.3 Å². The molecule has 0 bridgehead atoms. The van der Waals surface area contributed by atoms with E-state index in [-0.39, 0.29) is 0 Å². The van der Waals surface area contributed by atoms with E-state index in [1.807, 2.05) is 23.7 Å². The van der Waals surface area contributed by atoms with E-state index < -0.39 is 0 Å². The molecule has 0 aliphatic carbocycles. The number of nitrogens with zero attached hydrogens (tertiary/aromatic N) is 5. The van der Waals surface area contributed by atoms with Crippen molar-refractivity contribution in [3.05, 3.63) is 28.8 Å². The predicted octanol–water partition coefficient (Wildman–Crippen LogP) is 2.71. The fourth-order valence-electron chi connectivity index (χ4n) is 3.27. The van der Waals surface area contributed by atoms with E-state index in [0.717, 1.165) is 18.1 Å². The van der Waals surface area contributed by atoms with Crippen molar-refractivity contribution in [3.63, 3.8) is 0 Å². The fraction of sp³-hybridized carbons (Fsp3) is 0.647. The third-order valence-corrected chi connectivity index (χ3v) is 5.94. The molecule has 0 aromatic carbocycles. The van der Waals surface area contributed by atoms with Crippen LogP contribution in [0.15, 0.2) is 12.4 Å². The number of likely N-dealkylation sites (tertiary alicyclic amines) is 1. The molecule has 3 heterocycles. The molecule has 23 heavy (non-hydrogen) atoms. The average molecular weight is 334 g/mol. The molecule has 0 spiro atoms. The Labute approximate surface area is 143 Å². The van der Waals surface area contributed by atoms with Crippen LogP contribution < -0.4 is 4.90 Å². The number of thiazole rings is 1. The largest absolute Gasteiger partial charge is 0.354 e. The lowest BCUT2D eigenvalue weighted by Crippen LogP contribution is -2.36. The van der Waals surface area contributed by atoms with Crippen molar-refractivity contribution < 1.29 is 0 Å². The third kappa shape index (κ3) is 3.93. The van der Waals surface area contributed by atoms with Gasteiger partial charge in [0.2, 0.25) is 0 Å². The van der Waals surface area contributed by atoms with Gasteiger partial charge in [-0.3, -0.25) is 4.90 Å². The number of piperidine rings is 1. The van der Waals surface area contributed by atoms with E-state index in [9.17, 15) is 0 Å². The van der Waals surface area contributed by atoms with Gasteiger partial charge in [-0.05, 0) is 32.2 Å². The number of imidazole rings is 1. The predicted molar refractivity (Wildman–Crippen MR) is 96.1 cm³/mol. The van der Waals surface area contributed by atoms with Crippen molar-refractivity contribution in [1.29, 1.82) is 0 Å². The Morgan fingerprint density at radius 2 is 2.22 bits per heavy atom. The lowest BCUT2D eigenvalue weighted by Gasteiger charge is -2.32. The molecule has 126 valence electrons. The Hall–Kier alpha value is -1.40. The molecule has 1 aliphatic rings. The van der Waals surface area contributed by atoms with Crippen LogP contribution in [0.5, 0.6) is 0 Å². The zero-order valence-corrected chi connectivity index (χ0v) is 15.4. The van der Waals surface area contributed by atoms with Crippen LogP contribution in [0.4, 0.5) is 5.13 Å². The zero-order chi connectivity index (χ0) is 16.4. The van der Waals surface area contributed by atoms with Crippen molar-refractivity contribution in [3.8, 4) is 0 Å². The highest BCUT2D eigenvalue weighted by molar-refractivity contribution is 7.15. The molecule has 1 unspecified atom stereocenters. The van der Waals surface area contributed by atoms with Gasteiger partial charge in [0.05, 0.1) is 5.69 Å². The number of hydrogen-bond donors (Lipinski definition) is 0. The summed E-state index contributed by atoms with van der Waals surface area (Å²) in [4.78, 5) is 15.3. The van der Waals surface area contributed by atoms with Crippen molar-refractivity contribution in [2.24, 2.45) is 13.0 Å². The summed E-state index contributed by atoms with van der Waals surface area (Å²) in [6.07, 6.45) is 7.63. The topological polar surface area (TPSA) is 37.2 Å². The van der Waals surface area contributed by atoms with Gasteiger partial charge in [0.1, 0.15) is 5.82 Å².